The second kappa shape index (κ2) is 8.64. The molecule has 216 valence electrons. The number of nitrogens with zero attached hydrogens (tertiary/aromatic N) is 5. The van der Waals surface area contributed by atoms with E-state index < -0.39 is 18.0 Å². The third-order valence-corrected chi connectivity index (χ3v) is 10.7. The van der Waals surface area contributed by atoms with Gasteiger partial charge < -0.3 is 13.9 Å². The van der Waals surface area contributed by atoms with Crippen LogP contribution in [0.2, 0.25) is 0 Å². The van der Waals surface area contributed by atoms with Gasteiger partial charge in [0.25, 0.3) is 5.89 Å². The van der Waals surface area contributed by atoms with Crippen molar-refractivity contribution in [3.8, 4) is 11.4 Å². The first-order valence-corrected chi connectivity index (χ1v) is 14.7. The average Bonchev–Trinajstić information content (AvgIpc) is 3.44. The van der Waals surface area contributed by atoms with Gasteiger partial charge in [-0.2, -0.15) is 18.7 Å². The van der Waals surface area contributed by atoms with E-state index in [1.165, 1.54) is 0 Å². The highest BCUT2D eigenvalue weighted by Crippen LogP contribution is 2.71. The zero-order chi connectivity index (χ0) is 28.0. The van der Waals surface area contributed by atoms with Crippen LogP contribution in [0.1, 0.15) is 107 Å². The fraction of sp³-hybridized carbons (Fsp3) is 0.633. The van der Waals surface area contributed by atoms with Gasteiger partial charge in [-0.05, 0) is 93.6 Å². The third kappa shape index (κ3) is 4.21. The molecule has 2 heterocycles. The van der Waals surface area contributed by atoms with Gasteiger partial charge in [-0.1, -0.05) is 22.4 Å². The number of rotatable bonds is 9. The standard InChI is InChI=1S/C30H32F3N5O3/c31-22(32)25-34-24(36-40-25)19-2-1-3-20(12-19)38(21(39)13-28-14-30(33,15-28)16-28)17-27-6-9-29(10-7-27,11-8-27)26-35-23(37-41-26)18-4-5-18/h1-3,12,18,22H,4-11,13-17H2. The molecule has 0 aliphatic heterocycles. The van der Waals surface area contributed by atoms with E-state index in [4.69, 9.17) is 14.0 Å². The Morgan fingerprint density at radius 3 is 2.34 bits per heavy atom. The van der Waals surface area contributed by atoms with Gasteiger partial charge in [0.2, 0.25) is 17.6 Å². The van der Waals surface area contributed by atoms with Crippen molar-refractivity contribution in [1.29, 1.82) is 0 Å². The van der Waals surface area contributed by atoms with Crippen molar-refractivity contribution in [2.24, 2.45) is 10.8 Å². The molecular weight excluding hydrogens is 535 g/mol. The maximum Gasteiger partial charge on any atom is 0.315 e. The number of alkyl halides is 3. The van der Waals surface area contributed by atoms with Crippen molar-refractivity contribution in [3.63, 3.8) is 0 Å². The first kappa shape index (κ1) is 25.5. The Morgan fingerprint density at radius 2 is 1.71 bits per heavy atom. The lowest BCUT2D eigenvalue weighted by molar-refractivity contribution is -0.215. The molecule has 1 aromatic carbocycles. The molecule has 0 radical (unpaired) electrons. The monoisotopic (exact) mass is 567 g/mol. The number of anilines is 1. The second-order valence-electron chi connectivity index (χ2n) is 13.7. The first-order valence-electron chi connectivity index (χ1n) is 14.7. The van der Waals surface area contributed by atoms with Crippen molar-refractivity contribution in [1.82, 2.24) is 20.3 Å². The fourth-order valence-electron chi connectivity index (χ4n) is 8.16. The SMILES string of the molecule is O=C(CC12CC(F)(C1)C2)N(CC12CCC(c3nc(C4CC4)no3)(CC1)CC2)c1cccc(-c2noc(C(F)F)n2)c1. The molecule has 0 unspecified atom stereocenters. The van der Waals surface area contributed by atoms with Gasteiger partial charge in [-0.3, -0.25) is 4.79 Å². The Morgan fingerprint density at radius 1 is 0.976 bits per heavy atom. The van der Waals surface area contributed by atoms with E-state index in [1.807, 2.05) is 11.0 Å². The van der Waals surface area contributed by atoms with Crippen LogP contribution in [0, 0.1) is 10.8 Å². The lowest BCUT2D eigenvalue weighted by Crippen LogP contribution is -2.65. The van der Waals surface area contributed by atoms with Gasteiger partial charge in [0.1, 0.15) is 5.67 Å². The van der Waals surface area contributed by atoms with Gasteiger partial charge in [-0.15, -0.1) is 0 Å². The van der Waals surface area contributed by atoms with Crippen LogP contribution in [-0.4, -0.2) is 38.4 Å². The highest BCUT2D eigenvalue weighted by atomic mass is 19.3. The summed E-state index contributed by atoms with van der Waals surface area (Å²) in [6, 6.07) is 7.12. The highest BCUT2D eigenvalue weighted by Gasteiger charge is 2.69. The van der Waals surface area contributed by atoms with Crippen molar-refractivity contribution in [3.05, 3.63) is 41.9 Å². The van der Waals surface area contributed by atoms with Gasteiger partial charge in [0.05, 0.1) is 0 Å². The number of benzene rings is 1. The molecule has 4 bridgehead atoms. The molecule has 11 heteroatoms. The van der Waals surface area contributed by atoms with E-state index in [9.17, 15) is 18.0 Å². The molecule has 1 amide bonds. The Labute approximate surface area is 235 Å². The Kier molecular flexibility index (Phi) is 5.37. The molecule has 7 fully saturated rings. The van der Waals surface area contributed by atoms with Gasteiger partial charge in [0.15, 0.2) is 5.82 Å². The topological polar surface area (TPSA) is 98.2 Å². The van der Waals surface area contributed by atoms with Crippen LogP contribution in [0.5, 0.6) is 0 Å². The van der Waals surface area contributed by atoms with Crippen LogP contribution in [0.25, 0.3) is 11.4 Å². The fourth-order valence-corrected chi connectivity index (χ4v) is 8.16. The number of carbonyl (C=O) groups is 1. The minimum Gasteiger partial charge on any atom is -0.339 e. The molecule has 41 heavy (non-hydrogen) atoms. The predicted molar refractivity (Wildman–Crippen MR) is 140 cm³/mol. The zero-order valence-corrected chi connectivity index (χ0v) is 22.8. The number of hydrogen-bond donors (Lipinski definition) is 0. The van der Waals surface area contributed by atoms with E-state index in [2.05, 4.69) is 15.3 Å². The average molecular weight is 568 g/mol. The quantitative estimate of drug-likeness (QED) is 0.279. The maximum atomic E-state index is 14.3. The minimum absolute atomic E-state index is 0.0203. The molecule has 0 atom stereocenters. The number of fused-ring (bicyclic) bond motifs is 3. The molecule has 3 aromatic rings. The van der Waals surface area contributed by atoms with E-state index in [0.29, 0.717) is 49.4 Å². The number of halogens is 3. The van der Waals surface area contributed by atoms with Crippen molar-refractivity contribution >= 4 is 11.6 Å². The number of hydrogen-bond acceptors (Lipinski definition) is 7. The van der Waals surface area contributed by atoms with E-state index >= 15 is 0 Å². The van der Waals surface area contributed by atoms with E-state index in [1.54, 1.807) is 18.2 Å². The van der Waals surface area contributed by atoms with Crippen LogP contribution >= 0.6 is 0 Å². The first-order chi connectivity index (χ1) is 19.7. The van der Waals surface area contributed by atoms with Gasteiger partial charge >= 0.3 is 6.43 Å². The summed E-state index contributed by atoms with van der Waals surface area (Å²) in [5.41, 5.74) is -0.280. The van der Waals surface area contributed by atoms with Crippen molar-refractivity contribution < 1.29 is 27.0 Å². The van der Waals surface area contributed by atoms with Crippen LogP contribution in [0.4, 0.5) is 18.9 Å². The minimum atomic E-state index is -2.86. The van der Waals surface area contributed by atoms with Crippen LogP contribution in [0.15, 0.2) is 33.3 Å². The van der Waals surface area contributed by atoms with Crippen LogP contribution in [0.3, 0.4) is 0 Å². The zero-order valence-electron chi connectivity index (χ0n) is 22.8. The predicted octanol–water partition coefficient (Wildman–Crippen LogP) is 6.84. The van der Waals surface area contributed by atoms with Crippen LogP contribution in [-0.2, 0) is 10.2 Å². The largest absolute Gasteiger partial charge is 0.339 e. The van der Waals surface area contributed by atoms with Gasteiger partial charge in [-0.25, -0.2) is 4.39 Å². The lowest BCUT2D eigenvalue weighted by Gasteiger charge is -2.66. The number of aromatic nitrogens is 4. The maximum absolute atomic E-state index is 14.3. The molecule has 7 saturated carbocycles. The van der Waals surface area contributed by atoms with E-state index in [-0.39, 0.29) is 28.0 Å². The molecule has 8 nitrogen and oxygen atoms in total. The summed E-state index contributed by atoms with van der Waals surface area (Å²) < 4.78 is 50.9. The summed E-state index contributed by atoms with van der Waals surface area (Å²) in [5.74, 6) is 1.37. The Hall–Kier alpha value is -3.24. The molecular formula is C30H32F3N5O3. The molecule has 0 spiro atoms. The Bertz CT molecular complexity index is 1470. The molecule has 2 aromatic heterocycles. The molecule has 7 aliphatic carbocycles. The lowest BCUT2D eigenvalue weighted by atomic mass is 9.41. The Balaban J connectivity index is 1.05. The normalized spacial score (nSPS) is 33.5. The summed E-state index contributed by atoms with van der Waals surface area (Å²) >= 11 is 0. The molecule has 7 aliphatic rings. The summed E-state index contributed by atoms with van der Waals surface area (Å²) in [5, 5.41) is 7.99. The summed E-state index contributed by atoms with van der Waals surface area (Å²) in [6.45, 7) is 0.550. The van der Waals surface area contributed by atoms with Crippen molar-refractivity contribution in [2.45, 2.75) is 100 Å². The smallest absolute Gasteiger partial charge is 0.315 e. The molecule has 10 rings (SSSR count). The van der Waals surface area contributed by atoms with Crippen LogP contribution < -0.4 is 4.90 Å². The summed E-state index contributed by atoms with van der Waals surface area (Å²) in [7, 11) is 0. The number of amides is 1. The van der Waals surface area contributed by atoms with Crippen molar-refractivity contribution in [2.75, 3.05) is 11.4 Å². The van der Waals surface area contributed by atoms with E-state index in [0.717, 1.165) is 63.1 Å². The molecule has 0 N–H and O–H groups in total. The summed E-state index contributed by atoms with van der Waals surface area (Å²) in [4.78, 5) is 24.4. The highest BCUT2D eigenvalue weighted by molar-refractivity contribution is 5.94. The van der Waals surface area contributed by atoms with Gasteiger partial charge in [0, 0.05) is 35.5 Å². The summed E-state index contributed by atoms with van der Waals surface area (Å²) in [6.07, 6.45) is 6.74. The second-order valence-corrected chi connectivity index (χ2v) is 13.7. The number of carbonyl (C=O) groups excluding carboxylic acids is 1. The molecule has 0 saturated heterocycles. The third-order valence-electron chi connectivity index (χ3n) is 10.7.